The van der Waals surface area contributed by atoms with Gasteiger partial charge in [0, 0.05) is 24.5 Å². The predicted octanol–water partition coefficient (Wildman–Crippen LogP) is 3.47. The van der Waals surface area contributed by atoms with Crippen LogP contribution in [0.25, 0.3) is 10.9 Å². The van der Waals surface area contributed by atoms with Crippen LogP contribution in [0.2, 0.25) is 0 Å². The third-order valence-electron chi connectivity index (χ3n) is 6.57. The first kappa shape index (κ1) is 19.6. The van der Waals surface area contributed by atoms with E-state index in [9.17, 15) is 4.79 Å². The van der Waals surface area contributed by atoms with Crippen LogP contribution >= 0.6 is 0 Å². The number of aromatic nitrogens is 2. The molecule has 3 heterocycles. The zero-order valence-electron chi connectivity index (χ0n) is 17.4. The molecule has 5 nitrogen and oxygen atoms in total. The Balaban J connectivity index is 1.42. The topological polar surface area (TPSA) is 41.4 Å². The van der Waals surface area contributed by atoms with Gasteiger partial charge in [0.1, 0.15) is 0 Å². The van der Waals surface area contributed by atoms with Crippen LogP contribution in [0.3, 0.4) is 0 Å². The van der Waals surface area contributed by atoms with Gasteiger partial charge in [0.25, 0.3) is 0 Å². The molecule has 2 aliphatic heterocycles. The molecule has 0 N–H and O–H groups in total. The number of rotatable bonds is 5. The minimum Gasteiger partial charge on any atom is -0.301 e. The van der Waals surface area contributed by atoms with Gasteiger partial charge in [-0.3, -0.25) is 4.57 Å². The summed E-state index contributed by atoms with van der Waals surface area (Å²) < 4.78 is 1.87. The van der Waals surface area contributed by atoms with Gasteiger partial charge >= 0.3 is 5.69 Å². The molecular formula is C23H34N4O. The second-order valence-electron chi connectivity index (χ2n) is 8.77. The quantitative estimate of drug-likeness (QED) is 0.794. The van der Waals surface area contributed by atoms with E-state index in [1.807, 2.05) is 16.7 Å². The predicted molar refractivity (Wildman–Crippen MR) is 115 cm³/mol. The molecule has 4 rings (SSSR count). The molecule has 0 atom stereocenters. The molecule has 1 aromatic carbocycles. The second-order valence-corrected chi connectivity index (χ2v) is 8.77. The molecule has 0 amide bonds. The van der Waals surface area contributed by atoms with E-state index in [0.717, 1.165) is 48.8 Å². The number of hydrogen-bond donors (Lipinski definition) is 0. The number of hydrogen-bond acceptors (Lipinski definition) is 4. The normalized spacial score (nSPS) is 20.2. The van der Waals surface area contributed by atoms with Crippen LogP contribution in [0.1, 0.15) is 57.6 Å². The Morgan fingerprint density at radius 1 is 1.00 bits per heavy atom. The molecule has 0 saturated carbocycles. The average molecular weight is 383 g/mol. The standard InChI is InChI=1S/C23H34N4O/c1-18(2)22-20-8-4-5-9-21(20)27(23(28)24-22)17-16-25-14-10-19(11-15-25)26-12-6-3-7-13-26/h4-5,8-9,18-19H,3,6-7,10-17H2,1-2H3. The van der Waals surface area contributed by atoms with Gasteiger partial charge in [-0.25, -0.2) is 4.79 Å². The molecule has 0 radical (unpaired) electrons. The van der Waals surface area contributed by atoms with Crippen molar-refractivity contribution in [1.29, 1.82) is 0 Å². The Bertz CT molecular complexity index is 845. The number of nitrogens with zero attached hydrogens (tertiary/aromatic N) is 4. The van der Waals surface area contributed by atoms with E-state index >= 15 is 0 Å². The molecule has 0 bridgehead atoms. The van der Waals surface area contributed by atoms with Crippen molar-refractivity contribution in [3.05, 3.63) is 40.4 Å². The van der Waals surface area contributed by atoms with E-state index in [2.05, 4.69) is 40.8 Å². The number of likely N-dealkylation sites (tertiary alicyclic amines) is 2. The lowest BCUT2D eigenvalue weighted by molar-refractivity contribution is 0.0911. The van der Waals surface area contributed by atoms with Gasteiger partial charge in [0.05, 0.1) is 11.2 Å². The summed E-state index contributed by atoms with van der Waals surface area (Å²) in [6, 6.07) is 8.99. The smallest absolute Gasteiger partial charge is 0.301 e. The monoisotopic (exact) mass is 382 g/mol. The maximum atomic E-state index is 12.7. The molecule has 2 aliphatic rings. The van der Waals surface area contributed by atoms with Gasteiger partial charge in [-0.15, -0.1) is 0 Å². The van der Waals surface area contributed by atoms with Crippen LogP contribution in [0.15, 0.2) is 29.1 Å². The van der Waals surface area contributed by atoms with Crippen molar-refractivity contribution in [2.45, 2.75) is 64.5 Å². The summed E-state index contributed by atoms with van der Waals surface area (Å²) in [5.41, 5.74) is 1.83. The van der Waals surface area contributed by atoms with Gasteiger partial charge in [-0.05, 0) is 63.8 Å². The fraction of sp³-hybridized carbons (Fsp3) is 0.652. The van der Waals surface area contributed by atoms with Gasteiger partial charge in [0.15, 0.2) is 0 Å². The van der Waals surface area contributed by atoms with E-state index in [0.29, 0.717) is 0 Å². The summed E-state index contributed by atoms with van der Waals surface area (Å²) in [4.78, 5) is 22.4. The summed E-state index contributed by atoms with van der Waals surface area (Å²) in [5, 5.41) is 1.11. The Morgan fingerprint density at radius 3 is 2.43 bits per heavy atom. The number of benzene rings is 1. The first-order valence-corrected chi connectivity index (χ1v) is 11.1. The van der Waals surface area contributed by atoms with E-state index in [4.69, 9.17) is 0 Å². The Morgan fingerprint density at radius 2 is 1.71 bits per heavy atom. The van der Waals surface area contributed by atoms with Gasteiger partial charge in [-0.2, -0.15) is 4.98 Å². The third kappa shape index (κ3) is 4.15. The molecule has 28 heavy (non-hydrogen) atoms. The van der Waals surface area contributed by atoms with E-state index in [1.54, 1.807) is 0 Å². The zero-order valence-corrected chi connectivity index (χ0v) is 17.4. The summed E-state index contributed by atoms with van der Waals surface area (Å²) in [7, 11) is 0. The number of piperidine rings is 2. The first-order chi connectivity index (χ1) is 13.6. The van der Waals surface area contributed by atoms with Crippen LogP contribution in [0.5, 0.6) is 0 Å². The summed E-state index contributed by atoms with van der Waals surface area (Å²) in [6.45, 7) is 10.7. The Kier molecular flexibility index (Phi) is 6.12. The maximum Gasteiger partial charge on any atom is 0.348 e. The minimum absolute atomic E-state index is 0.106. The molecule has 0 aliphatic carbocycles. The molecule has 2 aromatic rings. The van der Waals surface area contributed by atoms with E-state index in [1.165, 1.54) is 45.2 Å². The first-order valence-electron chi connectivity index (χ1n) is 11.1. The van der Waals surface area contributed by atoms with Crippen LogP contribution in [-0.4, -0.2) is 58.1 Å². The van der Waals surface area contributed by atoms with Crippen molar-refractivity contribution >= 4 is 10.9 Å². The average Bonchev–Trinajstić information content (AvgIpc) is 2.73. The molecular weight excluding hydrogens is 348 g/mol. The molecule has 2 fully saturated rings. The van der Waals surface area contributed by atoms with Crippen LogP contribution in [0.4, 0.5) is 0 Å². The zero-order chi connectivity index (χ0) is 19.5. The summed E-state index contributed by atoms with van der Waals surface area (Å²) >= 11 is 0. The fourth-order valence-corrected chi connectivity index (χ4v) is 4.94. The van der Waals surface area contributed by atoms with Crippen molar-refractivity contribution in [1.82, 2.24) is 19.4 Å². The highest BCUT2D eigenvalue weighted by atomic mass is 16.1. The SMILES string of the molecule is CC(C)c1nc(=O)n(CCN2CCC(N3CCCCC3)CC2)c2ccccc12. The van der Waals surface area contributed by atoms with Gasteiger partial charge in [-0.1, -0.05) is 38.5 Å². The van der Waals surface area contributed by atoms with Crippen molar-refractivity contribution in [2.75, 3.05) is 32.7 Å². The Hall–Kier alpha value is -1.72. The maximum absolute atomic E-state index is 12.7. The summed E-state index contributed by atoms with van der Waals surface area (Å²) in [6.07, 6.45) is 6.67. The molecule has 5 heteroatoms. The number of para-hydroxylation sites is 1. The van der Waals surface area contributed by atoms with Crippen molar-refractivity contribution in [2.24, 2.45) is 0 Å². The lowest BCUT2D eigenvalue weighted by Gasteiger charge is -2.40. The highest BCUT2D eigenvalue weighted by Gasteiger charge is 2.25. The highest BCUT2D eigenvalue weighted by Crippen LogP contribution is 2.23. The molecule has 0 unspecified atom stereocenters. The molecule has 2 saturated heterocycles. The van der Waals surface area contributed by atoms with Crippen LogP contribution in [-0.2, 0) is 6.54 Å². The van der Waals surface area contributed by atoms with Crippen LogP contribution < -0.4 is 5.69 Å². The minimum atomic E-state index is -0.106. The largest absolute Gasteiger partial charge is 0.348 e. The van der Waals surface area contributed by atoms with Gasteiger partial charge in [0.2, 0.25) is 0 Å². The molecule has 1 aromatic heterocycles. The van der Waals surface area contributed by atoms with Crippen molar-refractivity contribution in [3.8, 4) is 0 Å². The van der Waals surface area contributed by atoms with Gasteiger partial charge < -0.3 is 9.80 Å². The van der Waals surface area contributed by atoms with Crippen molar-refractivity contribution in [3.63, 3.8) is 0 Å². The fourth-order valence-electron chi connectivity index (χ4n) is 4.94. The third-order valence-corrected chi connectivity index (χ3v) is 6.57. The van der Waals surface area contributed by atoms with E-state index < -0.39 is 0 Å². The number of fused-ring (bicyclic) bond motifs is 1. The molecule has 152 valence electrons. The lowest BCUT2D eigenvalue weighted by Crippen LogP contribution is -2.47. The lowest BCUT2D eigenvalue weighted by atomic mass is 10.00. The highest BCUT2D eigenvalue weighted by molar-refractivity contribution is 5.81. The Labute approximate surface area is 168 Å². The van der Waals surface area contributed by atoms with Crippen LogP contribution in [0, 0.1) is 0 Å². The van der Waals surface area contributed by atoms with E-state index in [-0.39, 0.29) is 11.6 Å². The summed E-state index contributed by atoms with van der Waals surface area (Å²) in [5.74, 6) is 0.251. The van der Waals surface area contributed by atoms with Crippen molar-refractivity contribution < 1.29 is 0 Å². The molecule has 0 spiro atoms. The second kappa shape index (κ2) is 8.75.